The van der Waals surface area contributed by atoms with E-state index in [9.17, 15) is 19.5 Å². The van der Waals surface area contributed by atoms with Crippen molar-refractivity contribution in [1.29, 1.82) is 0 Å². The van der Waals surface area contributed by atoms with E-state index >= 15 is 0 Å². The van der Waals surface area contributed by atoms with Gasteiger partial charge in [-0.15, -0.1) is 11.3 Å². The maximum absolute atomic E-state index is 12.8. The highest BCUT2D eigenvalue weighted by Gasteiger charge is 2.26. The van der Waals surface area contributed by atoms with E-state index in [1.807, 2.05) is 24.3 Å². The first-order chi connectivity index (χ1) is 13.9. The number of aromatic carboxylic acids is 1. The molecule has 1 aromatic carbocycles. The molecule has 0 aliphatic carbocycles. The number of carboxylic acid groups (broad SMARTS) is 1. The summed E-state index contributed by atoms with van der Waals surface area (Å²) in [6, 6.07) is 7.94. The van der Waals surface area contributed by atoms with Gasteiger partial charge in [-0.2, -0.15) is 0 Å². The van der Waals surface area contributed by atoms with Crippen LogP contribution >= 0.6 is 11.3 Å². The van der Waals surface area contributed by atoms with E-state index < -0.39 is 11.5 Å². The summed E-state index contributed by atoms with van der Waals surface area (Å²) in [5, 5.41) is 10.6. The Kier molecular flexibility index (Phi) is 5.19. The first kappa shape index (κ1) is 19.3. The van der Waals surface area contributed by atoms with Crippen LogP contribution in [-0.2, 0) is 30.7 Å². The molecular formula is C21H21N3O4S. The fourth-order valence-corrected chi connectivity index (χ4v) is 4.80. The molecule has 3 aromatic rings. The maximum Gasteiger partial charge on any atom is 0.341 e. The molecule has 0 bridgehead atoms. The lowest BCUT2D eigenvalue weighted by molar-refractivity contribution is -0.129. The summed E-state index contributed by atoms with van der Waals surface area (Å²) in [4.78, 5) is 42.5. The molecule has 0 saturated heterocycles. The lowest BCUT2D eigenvalue weighted by Gasteiger charge is -2.29. The number of nitrogens with zero attached hydrogens (tertiary/aromatic N) is 3. The Morgan fingerprint density at radius 3 is 2.79 bits per heavy atom. The summed E-state index contributed by atoms with van der Waals surface area (Å²) < 4.78 is 2.60. The van der Waals surface area contributed by atoms with Crippen LogP contribution in [0.3, 0.4) is 0 Å². The summed E-state index contributed by atoms with van der Waals surface area (Å²) in [5.41, 5.74) is 1.63. The Labute approximate surface area is 171 Å². The van der Waals surface area contributed by atoms with Crippen molar-refractivity contribution in [2.24, 2.45) is 0 Å². The minimum Gasteiger partial charge on any atom is -0.477 e. The van der Waals surface area contributed by atoms with Gasteiger partial charge in [0.2, 0.25) is 5.91 Å². The van der Waals surface area contributed by atoms with Crippen molar-refractivity contribution in [3.63, 3.8) is 0 Å². The van der Waals surface area contributed by atoms with Crippen LogP contribution in [0.5, 0.6) is 0 Å². The summed E-state index contributed by atoms with van der Waals surface area (Å²) >= 11 is 1.63. The highest BCUT2D eigenvalue weighted by molar-refractivity contribution is 7.18. The van der Waals surface area contributed by atoms with E-state index in [2.05, 4.69) is 4.98 Å². The molecule has 0 atom stereocenters. The average molecular weight is 411 g/mol. The number of thiazole rings is 1. The fraction of sp³-hybridized carbons (Fsp3) is 0.333. The number of carbonyl (C=O) groups excluding carboxylic acids is 1. The number of aromatic nitrogens is 2. The van der Waals surface area contributed by atoms with E-state index in [4.69, 9.17) is 0 Å². The number of amides is 1. The van der Waals surface area contributed by atoms with Gasteiger partial charge in [-0.1, -0.05) is 12.1 Å². The van der Waals surface area contributed by atoms with Crippen LogP contribution in [0.4, 0.5) is 0 Å². The molecule has 150 valence electrons. The fourth-order valence-electron chi connectivity index (χ4n) is 3.79. The normalized spacial score (nSPS) is 13.5. The predicted octanol–water partition coefficient (Wildman–Crippen LogP) is 2.69. The van der Waals surface area contributed by atoms with Gasteiger partial charge < -0.3 is 14.6 Å². The van der Waals surface area contributed by atoms with E-state index in [0.29, 0.717) is 44.5 Å². The van der Waals surface area contributed by atoms with Crippen molar-refractivity contribution >= 4 is 33.4 Å². The van der Waals surface area contributed by atoms with Gasteiger partial charge in [0.25, 0.3) is 5.56 Å². The molecule has 0 fully saturated rings. The highest BCUT2D eigenvalue weighted by atomic mass is 32.1. The minimum atomic E-state index is -1.21. The van der Waals surface area contributed by atoms with Crippen molar-refractivity contribution < 1.29 is 14.7 Å². The van der Waals surface area contributed by atoms with E-state index in [1.165, 1.54) is 11.5 Å². The zero-order chi connectivity index (χ0) is 20.5. The lowest BCUT2D eigenvalue weighted by atomic mass is 9.96. The number of rotatable bonds is 5. The molecule has 1 N–H and O–H groups in total. The summed E-state index contributed by atoms with van der Waals surface area (Å²) in [6.07, 6.45) is 3.49. The second kappa shape index (κ2) is 7.79. The van der Waals surface area contributed by atoms with Gasteiger partial charge in [-0.25, -0.2) is 9.78 Å². The first-order valence-electron chi connectivity index (χ1n) is 9.52. The maximum atomic E-state index is 12.8. The SMILES string of the molecule is CC(=O)N1CCc2c(cn(CCCc3nc4ccccc4s3)c(=O)c2C(=O)O)C1. The molecule has 3 heterocycles. The van der Waals surface area contributed by atoms with E-state index in [1.54, 1.807) is 22.4 Å². The number of para-hydroxylation sites is 1. The number of aryl methyl sites for hydroxylation is 2. The zero-order valence-corrected chi connectivity index (χ0v) is 16.9. The third kappa shape index (κ3) is 3.80. The number of hydrogen-bond acceptors (Lipinski definition) is 5. The Hall–Kier alpha value is -3.00. The van der Waals surface area contributed by atoms with Crippen LogP contribution in [0.25, 0.3) is 10.2 Å². The Balaban J connectivity index is 1.57. The van der Waals surface area contributed by atoms with Crippen molar-refractivity contribution in [2.75, 3.05) is 6.54 Å². The Bertz CT molecular complexity index is 1130. The largest absolute Gasteiger partial charge is 0.477 e. The Morgan fingerprint density at radius 1 is 1.28 bits per heavy atom. The molecule has 0 spiro atoms. The van der Waals surface area contributed by atoms with Crippen LogP contribution in [0, 0.1) is 0 Å². The van der Waals surface area contributed by atoms with Gasteiger partial charge >= 0.3 is 5.97 Å². The zero-order valence-electron chi connectivity index (χ0n) is 16.1. The standard InChI is InChI=1S/C21H21N3O4S/c1-13(25)23-10-8-15-14(11-23)12-24(20(26)19(15)21(27)28)9-4-7-18-22-16-5-2-3-6-17(16)29-18/h2-3,5-6,12H,4,7-11H2,1H3,(H,27,28). The highest BCUT2D eigenvalue weighted by Crippen LogP contribution is 2.23. The van der Waals surface area contributed by atoms with Gasteiger partial charge in [0.1, 0.15) is 5.56 Å². The molecule has 8 heteroatoms. The topological polar surface area (TPSA) is 92.5 Å². The minimum absolute atomic E-state index is 0.0545. The summed E-state index contributed by atoms with van der Waals surface area (Å²) in [6.45, 7) is 2.67. The molecule has 4 rings (SSSR count). The summed E-state index contributed by atoms with van der Waals surface area (Å²) in [5.74, 6) is -1.26. The van der Waals surface area contributed by atoms with Crippen LogP contribution < -0.4 is 5.56 Å². The van der Waals surface area contributed by atoms with Gasteiger partial charge in [0, 0.05) is 39.2 Å². The third-order valence-corrected chi connectivity index (χ3v) is 6.35. The van der Waals surface area contributed by atoms with Crippen LogP contribution in [0.1, 0.15) is 39.8 Å². The number of benzene rings is 1. The van der Waals surface area contributed by atoms with Gasteiger partial charge in [0.05, 0.1) is 15.2 Å². The molecule has 2 aromatic heterocycles. The van der Waals surface area contributed by atoms with Crippen molar-refractivity contribution in [3.8, 4) is 0 Å². The Morgan fingerprint density at radius 2 is 2.07 bits per heavy atom. The number of hydrogen-bond donors (Lipinski definition) is 1. The number of pyridine rings is 1. The number of carbonyl (C=O) groups is 2. The van der Waals surface area contributed by atoms with Crippen molar-refractivity contribution in [1.82, 2.24) is 14.5 Å². The van der Waals surface area contributed by atoms with Crippen molar-refractivity contribution in [2.45, 2.75) is 39.3 Å². The number of fused-ring (bicyclic) bond motifs is 2. The van der Waals surface area contributed by atoms with Gasteiger partial charge in [-0.3, -0.25) is 9.59 Å². The quantitative estimate of drug-likeness (QED) is 0.697. The number of carboxylic acids is 1. The van der Waals surface area contributed by atoms with Crippen LogP contribution in [0.2, 0.25) is 0 Å². The van der Waals surface area contributed by atoms with E-state index in [-0.39, 0.29) is 11.5 Å². The van der Waals surface area contributed by atoms with Crippen LogP contribution in [0.15, 0.2) is 35.3 Å². The summed E-state index contributed by atoms with van der Waals surface area (Å²) in [7, 11) is 0. The molecule has 1 aliphatic rings. The monoisotopic (exact) mass is 411 g/mol. The molecule has 29 heavy (non-hydrogen) atoms. The molecular weight excluding hydrogens is 390 g/mol. The lowest BCUT2D eigenvalue weighted by Crippen LogP contribution is -2.38. The predicted molar refractivity (Wildman–Crippen MR) is 110 cm³/mol. The molecule has 7 nitrogen and oxygen atoms in total. The van der Waals surface area contributed by atoms with Crippen LogP contribution in [-0.4, -0.2) is 38.0 Å². The molecule has 0 radical (unpaired) electrons. The molecule has 0 saturated carbocycles. The van der Waals surface area contributed by atoms with Gasteiger partial charge in [0.15, 0.2) is 0 Å². The van der Waals surface area contributed by atoms with Crippen molar-refractivity contribution in [3.05, 3.63) is 62.5 Å². The van der Waals surface area contributed by atoms with Gasteiger partial charge in [-0.05, 0) is 36.1 Å². The third-order valence-electron chi connectivity index (χ3n) is 5.26. The molecule has 1 amide bonds. The first-order valence-corrected chi connectivity index (χ1v) is 10.3. The molecule has 0 unspecified atom stereocenters. The van der Waals surface area contributed by atoms with E-state index in [0.717, 1.165) is 20.8 Å². The second-order valence-electron chi connectivity index (χ2n) is 7.18. The smallest absolute Gasteiger partial charge is 0.341 e. The average Bonchev–Trinajstić information content (AvgIpc) is 3.10. The molecule has 1 aliphatic heterocycles. The second-order valence-corrected chi connectivity index (χ2v) is 8.30.